The van der Waals surface area contributed by atoms with Crippen molar-refractivity contribution in [3.63, 3.8) is 0 Å². The summed E-state index contributed by atoms with van der Waals surface area (Å²) < 4.78 is 5.18. The van der Waals surface area contributed by atoms with Crippen molar-refractivity contribution in [1.29, 1.82) is 5.26 Å². The number of para-hydroxylation sites is 1. The van der Waals surface area contributed by atoms with Gasteiger partial charge in [-0.15, -0.1) is 0 Å². The van der Waals surface area contributed by atoms with Crippen molar-refractivity contribution in [1.82, 2.24) is 10.1 Å². The number of hydrogen-bond donors (Lipinski definition) is 0. The highest BCUT2D eigenvalue weighted by Crippen LogP contribution is 2.21. The first kappa shape index (κ1) is 11.7. The number of nitriles is 1. The first-order chi connectivity index (χ1) is 9.29. The van der Waals surface area contributed by atoms with Gasteiger partial charge in [0, 0.05) is 11.9 Å². The fourth-order valence-electron chi connectivity index (χ4n) is 2.51. The van der Waals surface area contributed by atoms with Gasteiger partial charge in [-0.1, -0.05) is 17.3 Å². The van der Waals surface area contributed by atoms with E-state index in [-0.39, 0.29) is 18.4 Å². The third-order valence-electron chi connectivity index (χ3n) is 3.49. The Labute approximate surface area is 110 Å². The lowest BCUT2D eigenvalue weighted by Gasteiger charge is -2.18. The van der Waals surface area contributed by atoms with Crippen LogP contribution in [0.15, 0.2) is 28.8 Å². The van der Waals surface area contributed by atoms with Gasteiger partial charge in [-0.3, -0.25) is 4.79 Å². The largest absolute Gasteiger partial charge is 0.356 e. The van der Waals surface area contributed by atoms with Crippen LogP contribution in [0.1, 0.15) is 18.5 Å². The molecule has 1 amide bonds. The molecule has 1 atom stereocenters. The lowest BCUT2D eigenvalue weighted by molar-refractivity contribution is -0.130. The van der Waals surface area contributed by atoms with Crippen LogP contribution in [0, 0.1) is 11.3 Å². The first-order valence-corrected chi connectivity index (χ1v) is 6.32. The Balaban J connectivity index is 1.82. The van der Waals surface area contributed by atoms with Crippen LogP contribution >= 0.6 is 0 Å². The van der Waals surface area contributed by atoms with E-state index >= 15 is 0 Å². The minimum Gasteiger partial charge on any atom is -0.356 e. The van der Waals surface area contributed by atoms with Crippen molar-refractivity contribution in [2.45, 2.75) is 25.3 Å². The topological polar surface area (TPSA) is 70.1 Å². The molecule has 0 saturated carbocycles. The highest BCUT2D eigenvalue weighted by atomic mass is 16.5. The van der Waals surface area contributed by atoms with Gasteiger partial charge in [-0.05, 0) is 25.0 Å². The standard InChI is InChI=1S/C14H13N3O2/c15-9-10-4-3-7-17(10)14(18)8-12-11-5-1-2-6-13(11)19-16-12/h1-2,5-6,10H,3-4,7-8H2/t10-/m0/s1. The molecule has 96 valence electrons. The second-order valence-corrected chi connectivity index (χ2v) is 4.68. The molecule has 1 aromatic carbocycles. The van der Waals surface area contributed by atoms with Gasteiger partial charge in [0.05, 0.1) is 12.5 Å². The van der Waals surface area contributed by atoms with Crippen LogP contribution in [-0.2, 0) is 11.2 Å². The zero-order chi connectivity index (χ0) is 13.2. The van der Waals surface area contributed by atoms with E-state index in [1.54, 1.807) is 4.90 Å². The molecule has 5 heteroatoms. The number of benzene rings is 1. The first-order valence-electron chi connectivity index (χ1n) is 6.32. The van der Waals surface area contributed by atoms with Gasteiger partial charge in [0.15, 0.2) is 5.58 Å². The van der Waals surface area contributed by atoms with Crippen LogP contribution in [0.3, 0.4) is 0 Å². The van der Waals surface area contributed by atoms with E-state index in [4.69, 9.17) is 9.78 Å². The molecule has 2 heterocycles. The lowest BCUT2D eigenvalue weighted by atomic mass is 10.1. The van der Waals surface area contributed by atoms with Crippen LogP contribution in [0.4, 0.5) is 0 Å². The Morgan fingerprint density at radius 1 is 1.53 bits per heavy atom. The van der Waals surface area contributed by atoms with Crippen LogP contribution in [0.2, 0.25) is 0 Å². The molecule has 5 nitrogen and oxygen atoms in total. The van der Waals surface area contributed by atoms with E-state index in [1.165, 1.54) is 0 Å². The Bertz CT molecular complexity index is 656. The van der Waals surface area contributed by atoms with E-state index in [0.29, 0.717) is 17.8 Å². The van der Waals surface area contributed by atoms with E-state index in [1.807, 2.05) is 24.3 Å². The van der Waals surface area contributed by atoms with Crippen LogP contribution in [0.5, 0.6) is 0 Å². The molecule has 0 aliphatic carbocycles. The summed E-state index contributed by atoms with van der Waals surface area (Å²) in [5.74, 6) is -0.0527. The van der Waals surface area contributed by atoms with Crippen molar-refractivity contribution in [2.75, 3.05) is 6.54 Å². The summed E-state index contributed by atoms with van der Waals surface area (Å²) in [6.07, 6.45) is 1.85. The maximum absolute atomic E-state index is 12.2. The summed E-state index contributed by atoms with van der Waals surface area (Å²) >= 11 is 0. The van der Waals surface area contributed by atoms with Crippen molar-refractivity contribution in [3.05, 3.63) is 30.0 Å². The molecule has 3 rings (SSSR count). The fourth-order valence-corrected chi connectivity index (χ4v) is 2.51. The summed E-state index contributed by atoms with van der Waals surface area (Å²) in [6, 6.07) is 9.36. The number of nitrogens with zero attached hydrogens (tertiary/aromatic N) is 3. The number of carbonyl (C=O) groups is 1. The fraction of sp³-hybridized carbons (Fsp3) is 0.357. The van der Waals surface area contributed by atoms with E-state index in [9.17, 15) is 4.79 Å². The number of carbonyl (C=O) groups excluding carboxylic acids is 1. The molecule has 2 aromatic rings. The molecule has 1 saturated heterocycles. The average Bonchev–Trinajstić information content (AvgIpc) is 3.05. The lowest BCUT2D eigenvalue weighted by Crippen LogP contribution is -2.35. The number of hydrogen-bond acceptors (Lipinski definition) is 4. The van der Waals surface area contributed by atoms with E-state index in [2.05, 4.69) is 11.2 Å². The summed E-state index contributed by atoms with van der Waals surface area (Å²) in [5, 5.41) is 13.8. The van der Waals surface area contributed by atoms with Crippen molar-refractivity contribution in [2.24, 2.45) is 0 Å². The van der Waals surface area contributed by atoms with Crippen molar-refractivity contribution in [3.8, 4) is 6.07 Å². The van der Waals surface area contributed by atoms with Crippen molar-refractivity contribution < 1.29 is 9.32 Å². The number of amides is 1. The predicted octanol–water partition coefficient (Wildman–Crippen LogP) is 1.88. The molecule has 1 aliphatic rings. The number of aromatic nitrogens is 1. The monoisotopic (exact) mass is 255 g/mol. The summed E-state index contributed by atoms with van der Waals surface area (Å²) in [6.45, 7) is 0.660. The average molecular weight is 255 g/mol. The van der Waals surface area contributed by atoms with Gasteiger partial charge in [0.2, 0.25) is 5.91 Å². The molecule has 0 N–H and O–H groups in total. The summed E-state index contributed by atoms with van der Waals surface area (Å²) in [4.78, 5) is 13.9. The Hall–Kier alpha value is -2.35. The van der Waals surface area contributed by atoms with Gasteiger partial charge in [-0.2, -0.15) is 5.26 Å². The zero-order valence-corrected chi connectivity index (χ0v) is 10.4. The normalized spacial score (nSPS) is 18.7. The second kappa shape index (κ2) is 4.73. The predicted molar refractivity (Wildman–Crippen MR) is 68.1 cm³/mol. The minimum absolute atomic E-state index is 0.0527. The Morgan fingerprint density at radius 3 is 3.21 bits per heavy atom. The van der Waals surface area contributed by atoms with E-state index < -0.39 is 0 Å². The van der Waals surface area contributed by atoms with Crippen LogP contribution < -0.4 is 0 Å². The maximum Gasteiger partial charge on any atom is 0.229 e. The molecule has 0 spiro atoms. The van der Waals surface area contributed by atoms with Gasteiger partial charge in [0.25, 0.3) is 0 Å². The highest BCUT2D eigenvalue weighted by Gasteiger charge is 2.29. The molecule has 0 unspecified atom stereocenters. The molecule has 1 aromatic heterocycles. The zero-order valence-electron chi connectivity index (χ0n) is 10.4. The minimum atomic E-state index is -0.286. The quantitative estimate of drug-likeness (QED) is 0.821. The number of fused-ring (bicyclic) bond motifs is 1. The van der Waals surface area contributed by atoms with Gasteiger partial charge >= 0.3 is 0 Å². The Morgan fingerprint density at radius 2 is 2.37 bits per heavy atom. The molecule has 19 heavy (non-hydrogen) atoms. The number of rotatable bonds is 2. The molecule has 0 radical (unpaired) electrons. The van der Waals surface area contributed by atoms with Gasteiger partial charge < -0.3 is 9.42 Å². The second-order valence-electron chi connectivity index (χ2n) is 4.68. The number of likely N-dealkylation sites (tertiary alicyclic amines) is 1. The summed E-state index contributed by atoms with van der Waals surface area (Å²) in [7, 11) is 0. The Kier molecular flexibility index (Phi) is 2.92. The molecule has 0 bridgehead atoms. The van der Waals surface area contributed by atoms with Gasteiger partial charge in [-0.25, -0.2) is 0 Å². The molecule has 1 aliphatic heterocycles. The molecular weight excluding hydrogens is 242 g/mol. The third kappa shape index (κ3) is 2.06. The highest BCUT2D eigenvalue weighted by molar-refractivity contribution is 5.86. The van der Waals surface area contributed by atoms with Crippen molar-refractivity contribution >= 4 is 16.9 Å². The van der Waals surface area contributed by atoms with Gasteiger partial charge in [0.1, 0.15) is 11.7 Å². The van der Waals surface area contributed by atoms with Crippen LogP contribution in [0.25, 0.3) is 11.0 Å². The van der Waals surface area contributed by atoms with E-state index in [0.717, 1.165) is 18.2 Å². The third-order valence-corrected chi connectivity index (χ3v) is 3.49. The molecule has 1 fully saturated rings. The maximum atomic E-state index is 12.2. The van der Waals surface area contributed by atoms with Crippen LogP contribution in [-0.4, -0.2) is 28.6 Å². The smallest absolute Gasteiger partial charge is 0.229 e. The SMILES string of the molecule is N#C[C@@H]1CCCN1C(=O)Cc1noc2ccccc12. The summed E-state index contributed by atoms with van der Waals surface area (Å²) in [5.41, 5.74) is 1.33. The molecular formula is C14H13N3O2.